The van der Waals surface area contributed by atoms with Gasteiger partial charge in [-0.15, -0.1) is 11.3 Å². The van der Waals surface area contributed by atoms with E-state index in [4.69, 9.17) is 17.3 Å². The highest BCUT2D eigenvalue weighted by molar-refractivity contribution is 7.18. The van der Waals surface area contributed by atoms with Crippen LogP contribution in [0.1, 0.15) is 5.01 Å². The molecule has 0 saturated heterocycles. The van der Waals surface area contributed by atoms with Crippen LogP contribution in [0.3, 0.4) is 0 Å². The van der Waals surface area contributed by atoms with Crippen LogP contribution in [-0.2, 0) is 0 Å². The van der Waals surface area contributed by atoms with E-state index < -0.39 is 0 Å². The van der Waals surface area contributed by atoms with Crippen LogP contribution >= 0.6 is 22.9 Å². The number of hydrogen-bond acceptors (Lipinski definition) is 4. The van der Waals surface area contributed by atoms with Gasteiger partial charge in [0.2, 0.25) is 0 Å². The summed E-state index contributed by atoms with van der Waals surface area (Å²) >= 11 is 7.51. The molecule has 0 bridgehead atoms. The lowest BCUT2D eigenvalue weighted by Gasteiger charge is -2.09. The van der Waals surface area contributed by atoms with Crippen molar-refractivity contribution in [3.05, 3.63) is 46.4 Å². The number of nitrogens with one attached hydrogen (secondary N) is 1. The van der Waals surface area contributed by atoms with Crippen molar-refractivity contribution in [2.45, 2.75) is 6.92 Å². The number of nitrogens with zero attached hydrogens (tertiary/aromatic N) is 1. The van der Waals surface area contributed by atoms with Gasteiger partial charge < -0.3 is 11.1 Å². The van der Waals surface area contributed by atoms with Crippen molar-refractivity contribution in [3.8, 4) is 0 Å². The Morgan fingerprint density at radius 1 is 1.21 bits per heavy atom. The molecule has 19 heavy (non-hydrogen) atoms. The number of aryl methyl sites for hydroxylation is 1. The number of fused-ring (bicyclic) bond motifs is 1. The number of nitrogen functional groups attached to an aromatic ring is 1. The Hall–Kier alpha value is -1.78. The van der Waals surface area contributed by atoms with Crippen molar-refractivity contribution in [3.63, 3.8) is 0 Å². The van der Waals surface area contributed by atoms with E-state index in [9.17, 15) is 0 Å². The molecule has 0 aliphatic rings. The van der Waals surface area contributed by atoms with Crippen LogP contribution in [0, 0.1) is 6.92 Å². The quantitative estimate of drug-likeness (QED) is 0.679. The molecule has 3 N–H and O–H groups in total. The second kappa shape index (κ2) is 4.72. The van der Waals surface area contributed by atoms with Crippen LogP contribution in [0.15, 0.2) is 36.4 Å². The number of thiazole rings is 1. The fourth-order valence-corrected chi connectivity index (χ4v) is 2.89. The maximum Gasteiger partial charge on any atom is 0.0907 e. The van der Waals surface area contributed by atoms with Crippen molar-refractivity contribution in [1.82, 2.24) is 4.98 Å². The van der Waals surface area contributed by atoms with Gasteiger partial charge in [0.25, 0.3) is 0 Å². The summed E-state index contributed by atoms with van der Waals surface area (Å²) in [6, 6.07) is 11.4. The molecular weight excluding hydrogens is 278 g/mol. The zero-order valence-electron chi connectivity index (χ0n) is 10.3. The van der Waals surface area contributed by atoms with E-state index in [0.717, 1.165) is 26.6 Å². The summed E-state index contributed by atoms with van der Waals surface area (Å²) in [4.78, 5) is 4.47. The summed E-state index contributed by atoms with van der Waals surface area (Å²) in [7, 11) is 0. The van der Waals surface area contributed by atoms with E-state index in [-0.39, 0.29) is 0 Å². The second-order valence-electron chi connectivity index (χ2n) is 4.27. The number of halogens is 1. The van der Waals surface area contributed by atoms with Gasteiger partial charge in [0.1, 0.15) is 0 Å². The topological polar surface area (TPSA) is 50.9 Å². The molecule has 5 heteroatoms. The molecule has 1 aromatic heterocycles. The lowest BCUT2D eigenvalue weighted by Crippen LogP contribution is -1.96. The smallest absolute Gasteiger partial charge is 0.0907 e. The Balaban J connectivity index is 1.99. The normalized spacial score (nSPS) is 10.8. The molecule has 2 aromatic carbocycles. The van der Waals surface area contributed by atoms with Gasteiger partial charge in [-0.2, -0.15) is 0 Å². The van der Waals surface area contributed by atoms with E-state index in [2.05, 4.69) is 10.3 Å². The maximum absolute atomic E-state index is 6.06. The molecule has 0 aliphatic carbocycles. The second-order valence-corrected chi connectivity index (χ2v) is 5.94. The predicted octanol–water partition coefficient (Wildman–Crippen LogP) is 4.58. The minimum absolute atomic E-state index is 0.712. The predicted molar refractivity (Wildman–Crippen MR) is 83.5 cm³/mol. The lowest BCUT2D eigenvalue weighted by molar-refractivity contribution is 1.35. The van der Waals surface area contributed by atoms with Crippen molar-refractivity contribution >= 4 is 50.2 Å². The molecule has 3 aromatic rings. The first-order valence-corrected chi connectivity index (χ1v) is 7.00. The molecule has 0 atom stereocenters. The first-order chi connectivity index (χ1) is 9.11. The fourth-order valence-electron chi connectivity index (χ4n) is 1.90. The monoisotopic (exact) mass is 289 g/mol. The molecule has 1 heterocycles. The van der Waals surface area contributed by atoms with Gasteiger partial charge in [0, 0.05) is 10.7 Å². The molecule has 0 unspecified atom stereocenters. The first kappa shape index (κ1) is 12.3. The summed E-state index contributed by atoms with van der Waals surface area (Å²) in [5, 5.41) is 5.03. The van der Waals surface area contributed by atoms with Gasteiger partial charge in [-0.05, 0) is 43.3 Å². The van der Waals surface area contributed by atoms with Crippen LogP contribution in [0.2, 0.25) is 5.02 Å². The van der Waals surface area contributed by atoms with E-state index in [0.29, 0.717) is 10.7 Å². The third kappa shape index (κ3) is 2.50. The first-order valence-electron chi connectivity index (χ1n) is 5.81. The minimum atomic E-state index is 0.712. The van der Waals surface area contributed by atoms with Crippen LogP contribution in [0.4, 0.5) is 17.1 Å². The van der Waals surface area contributed by atoms with Crippen molar-refractivity contribution in [1.29, 1.82) is 0 Å². The largest absolute Gasteiger partial charge is 0.397 e. The highest BCUT2D eigenvalue weighted by Crippen LogP contribution is 2.31. The van der Waals surface area contributed by atoms with Gasteiger partial charge >= 0.3 is 0 Å². The summed E-state index contributed by atoms with van der Waals surface area (Å²) in [6.07, 6.45) is 0. The maximum atomic E-state index is 6.06. The third-order valence-corrected chi connectivity index (χ3v) is 3.98. The van der Waals surface area contributed by atoms with Gasteiger partial charge in [-0.1, -0.05) is 11.6 Å². The highest BCUT2D eigenvalue weighted by atomic mass is 35.5. The molecule has 0 saturated carbocycles. The van der Waals surface area contributed by atoms with Crippen molar-refractivity contribution < 1.29 is 0 Å². The molecule has 96 valence electrons. The number of anilines is 3. The Labute approximate surface area is 120 Å². The summed E-state index contributed by atoms with van der Waals surface area (Å²) < 4.78 is 1.11. The summed E-state index contributed by atoms with van der Waals surface area (Å²) in [5.41, 5.74) is 9.55. The SMILES string of the molecule is Cc1nc2cc(Nc3ccc(Cl)cc3)c(N)cc2s1. The van der Waals surface area contributed by atoms with Gasteiger partial charge in [-0.3, -0.25) is 0 Å². The Morgan fingerprint density at radius 2 is 1.95 bits per heavy atom. The zero-order chi connectivity index (χ0) is 13.4. The van der Waals surface area contributed by atoms with E-state index in [1.54, 1.807) is 11.3 Å². The van der Waals surface area contributed by atoms with Crippen LogP contribution < -0.4 is 11.1 Å². The van der Waals surface area contributed by atoms with Crippen molar-refractivity contribution in [2.24, 2.45) is 0 Å². The number of rotatable bonds is 2. The minimum Gasteiger partial charge on any atom is -0.397 e. The molecule has 0 aliphatic heterocycles. The molecule has 3 rings (SSSR count). The van der Waals surface area contributed by atoms with Crippen LogP contribution in [-0.4, -0.2) is 4.98 Å². The van der Waals surface area contributed by atoms with Gasteiger partial charge in [-0.25, -0.2) is 4.98 Å². The van der Waals surface area contributed by atoms with E-state index >= 15 is 0 Å². The Morgan fingerprint density at radius 3 is 2.68 bits per heavy atom. The summed E-state index contributed by atoms with van der Waals surface area (Å²) in [5.74, 6) is 0. The number of nitrogens with two attached hydrogens (primary N) is 1. The standard InChI is InChI=1S/C14H12ClN3S/c1-8-17-13-7-12(11(16)6-14(13)19-8)18-10-4-2-9(15)3-5-10/h2-7,18H,16H2,1H3. The average molecular weight is 290 g/mol. The van der Waals surface area contributed by atoms with E-state index in [1.165, 1.54) is 0 Å². The Bertz CT molecular complexity index is 734. The molecule has 0 spiro atoms. The highest BCUT2D eigenvalue weighted by Gasteiger charge is 2.06. The summed E-state index contributed by atoms with van der Waals surface area (Å²) in [6.45, 7) is 1.99. The lowest BCUT2D eigenvalue weighted by atomic mass is 10.2. The zero-order valence-corrected chi connectivity index (χ0v) is 11.8. The molecule has 0 amide bonds. The number of hydrogen-bond donors (Lipinski definition) is 2. The number of benzene rings is 2. The van der Waals surface area contributed by atoms with Gasteiger partial charge in [0.05, 0.1) is 26.6 Å². The number of aromatic nitrogens is 1. The van der Waals surface area contributed by atoms with Crippen LogP contribution in [0.25, 0.3) is 10.2 Å². The molecule has 0 radical (unpaired) electrons. The van der Waals surface area contributed by atoms with Gasteiger partial charge in [0.15, 0.2) is 0 Å². The molecule has 0 fully saturated rings. The third-order valence-electron chi connectivity index (χ3n) is 2.79. The van der Waals surface area contributed by atoms with Crippen molar-refractivity contribution in [2.75, 3.05) is 11.1 Å². The van der Waals surface area contributed by atoms with Crippen LogP contribution in [0.5, 0.6) is 0 Å². The van der Waals surface area contributed by atoms with E-state index in [1.807, 2.05) is 43.3 Å². The Kier molecular flexibility index (Phi) is 3.05. The fraction of sp³-hybridized carbons (Fsp3) is 0.0714. The molecule has 3 nitrogen and oxygen atoms in total. The average Bonchev–Trinajstić information content (AvgIpc) is 2.72. The molecular formula is C14H12ClN3S.